The number of nitrogens with two attached hydrogens (primary N) is 1. The summed E-state index contributed by atoms with van der Waals surface area (Å²) in [7, 11) is 0. The Morgan fingerprint density at radius 2 is 0.871 bits per heavy atom. The minimum absolute atomic E-state index is 0.0235. The van der Waals surface area contributed by atoms with Crippen LogP contribution in [0.5, 0.6) is 5.75 Å². The smallest absolute Gasteiger partial charge is 0.326 e. The summed E-state index contributed by atoms with van der Waals surface area (Å²) in [6.45, 7) is 17.8. The van der Waals surface area contributed by atoms with Gasteiger partial charge in [0.1, 0.15) is 48.0 Å². The van der Waals surface area contributed by atoms with Gasteiger partial charge in [0.15, 0.2) is 0 Å². The van der Waals surface area contributed by atoms with E-state index in [0.717, 1.165) is 0 Å². The van der Waals surface area contributed by atoms with Gasteiger partial charge < -0.3 is 53.2 Å². The van der Waals surface area contributed by atoms with Gasteiger partial charge in [-0.3, -0.25) is 33.6 Å². The molecule has 0 unspecified atom stereocenters. The summed E-state index contributed by atoms with van der Waals surface area (Å²) in [5.74, 6) is -5.90. The topological polar surface area (TPSA) is 287 Å². The molecule has 7 atom stereocenters. The Balaban J connectivity index is 3.45. The van der Waals surface area contributed by atoms with Crippen LogP contribution in [-0.4, -0.2) is 106 Å². The number of hydrogen-bond donors (Lipinski definition) is 10. The average Bonchev–Trinajstić information content (AvgIpc) is 3.15. The van der Waals surface area contributed by atoms with Crippen molar-refractivity contribution in [1.82, 2.24) is 37.2 Å². The van der Waals surface area contributed by atoms with Crippen LogP contribution in [0, 0.1) is 23.7 Å². The predicted molar refractivity (Wildman–Crippen MR) is 235 cm³/mol. The van der Waals surface area contributed by atoms with E-state index in [2.05, 4.69) is 37.2 Å². The second-order valence-corrected chi connectivity index (χ2v) is 17.8. The highest BCUT2D eigenvalue weighted by Gasteiger charge is 2.34. The summed E-state index contributed by atoms with van der Waals surface area (Å²) in [6, 6.07) is -1.99. The number of carbonyl (C=O) groups is 8. The van der Waals surface area contributed by atoms with Crippen LogP contribution in [0.15, 0.2) is 24.3 Å². The van der Waals surface area contributed by atoms with Gasteiger partial charge in [0.25, 0.3) is 0 Å². The average molecular weight is 875 g/mol. The Hall–Kier alpha value is -5.26. The molecular formula is C44H74N8O10. The summed E-state index contributed by atoms with van der Waals surface area (Å²) in [5.41, 5.74) is 6.30. The van der Waals surface area contributed by atoms with E-state index >= 15 is 0 Å². The lowest BCUT2D eigenvalue weighted by atomic mass is 9.99. The molecule has 0 spiro atoms. The lowest BCUT2D eigenvalue weighted by molar-refractivity contribution is -0.143. The fourth-order valence-electron chi connectivity index (χ4n) is 6.65. The number of carboxylic acids is 1. The number of benzene rings is 1. The third kappa shape index (κ3) is 21.5. The molecule has 1 rings (SSSR count). The fourth-order valence-corrected chi connectivity index (χ4v) is 6.65. The molecule has 1 aromatic carbocycles. The first-order chi connectivity index (χ1) is 28.9. The number of unbranched alkanes of at least 4 members (excludes halogenated alkanes) is 1. The molecule has 0 saturated carbocycles. The number of hydrogen-bond acceptors (Lipinski definition) is 10. The van der Waals surface area contributed by atoms with Crippen molar-refractivity contribution in [3.05, 3.63) is 29.8 Å². The van der Waals surface area contributed by atoms with Crippen LogP contribution >= 0.6 is 0 Å². The zero-order chi connectivity index (χ0) is 47.3. The number of rotatable bonds is 28. The molecule has 18 nitrogen and oxygen atoms in total. The van der Waals surface area contributed by atoms with Gasteiger partial charge in [-0.1, -0.05) is 67.5 Å². The second kappa shape index (κ2) is 27.6. The molecule has 0 bridgehead atoms. The zero-order valence-electron chi connectivity index (χ0n) is 38.3. The van der Waals surface area contributed by atoms with Crippen LogP contribution in [0.2, 0.25) is 0 Å². The molecule has 18 heteroatoms. The molecule has 0 fully saturated rings. The summed E-state index contributed by atoms with van der Waals surface area (Å²) in [6.07, 6.45) is 1.78. The molecule has 11 N–H and O–H groups in total. The number of phenols is 1. The number of nitrogens with one attached hydrogen (secondary N) is 7. The predicted octanol–water partition coefficient (Wildman–Crippen LogP) is 1.77. The first-order valence-electron chi connectivity index (χ1n) is 21.7. The number of aromatic hydroxyl groups is 1. The van der Waals surface area contributed by atoms with Crippen molar-refractivity contribution < 1.29 is 48.6 Å². The van der Waals surface area contributed by atoms with Crippen molar-refractivity contribution in [2.24, 2.45) is 29.4 Å². The SMILES string of the molecule is CC(=O)N[C@@H](CC(C)C)C(=O)N[C@@H](C)C(=O)N[C@@H](CC(C)C)C(=O)N[C@@H](CCCCN)C(=O)N[C@@H](Cc1ccc(O)cc1)C(=O)N[C@@H](CC(C)C)C(=O)N[C@@H](CC(C)C)C(=O)O. The van der Waals surface area contributed by atoms with E-state index in [9.17, 15) is 48.6 Å². The maximum absolute atomic E-state index is 14.2. The van der Waals surface area contributed by atoms with Gasteiger partial charge in [-0.05, 0) is 99.8 Å². The highest BCUT2D eigenvalue weighted by molar-refractivity contribution is 5.97. The minimum Gasteiger partial charge on any atom is -0.508 e. The first kappa shape index (κ1) is 54.8. The van der Waals surface area contributed by atoms with Crippen molar-refractivity contribution in [3.8, 4) is 5.75 Å². The maximum Gasteiger partial charge on any atom is 0.326 e. The van der Waals surface area contributed by atoms with Crippen LogP contribution in [-0.2, 0) is 44.8 Å². The van der Waals surface area contributed by atoms with Crippen LogP contribution in [0.1, 0.15) is 120 Å². The van der Waals surface area contributed by atoms with Crippen molar-refractivity contribution >= 4 is 47.3 Å². The van der Waals surface area contributed by atoms with E-state index in [1.807, 2.05) is 55.4 Å². The van der Waals surface area contributed by atoms with Gasteiger partial charge in [-0.15, -0.1) is 0 Å². The highest BCUT2D eigenvalue weighted by atomic mass is 16.4. The van der Waals surface area contributed by atoms with Crippen LogP contribution in [0.4, 0.5) is 0 Å². The maximum atomic E-state index is 14.2. The Bertz CT molecular complexity index is 1640. The number of aliphatic carboxylic acids is 1. The summed E-state index contributed by atoms with van der Waals surface area (Å²) >= 11 is 0. The lowest BCUT2D eigenvalue weighted by Crippen LogP contribution is -2.60. The van der Waals surface area contributed by atoms with Crippen LogP contribution < -0.4 is 43.0 Å². The normalized spacial score (nSPS) is 14.8. The molecule has 1 aromatic rings. The van der Waals surface area contributed by atoms with Gasteiger partial charge in [0.2, 0.25) is 41.4 Å². The molecule has 0 aliphatic rings. The van der Waals surface area contributed by atoms with Gasteiger partial charge in [-0.25, -0.2) is 4.79 Å². The number of phenolic OH excluding ortho intramolecular Hbond substituents is 1. The first-order valence-corrected chi connectivity index (χ1v) is 21.7. The highest BCUT2D eigenvalue weighted by Crippen LogP contribution is 2.15. The van der Waals surface area contributed by atoms with Gasteiger partial charge in [0, 0.05) is 13.3 Å². The quantitative estimate of drug-likeness (QED) is 0.0542. The molecule has 0 radical (unpaired) electrons. The molecule has 0 heterocycles. The summed E-state index contributed by atoms with van der Waals surface area (Å²) < 4.78 is 0. The Morgan fingerprint density at radius 1 is 0.500 bits per heavy atom. The van der Waals surface area contributed by atoms with E-state index in [-0.39, 0.29) is 61.5 Å². The third-order valence-corrected chi connectivity index (χ3v) is 9.74. The number of carbonyl (C=O) groups excluding carboxylic acids is 7. The number of carboxylic acid groups (broad SMARTS) is 1. The Morgan fingerprint density at radius 3 is 1.32 bits per heavy atom. The van der Waals surface area contributed by atoms with Gasteiger partial charge in [0.05, 0.1) is 0 Å². The van der Waals surface area contributed by atoms with Crippen molar-refractivity contribution in [2.45, 2.75) is 163 Å². The fraction of sp³-hybridized carbons (Fsp3) is 0.682. The Labute approximate surface area is 366 Å². The van der Waals surface area contributed by atoms with E-state index in [0.29, 0.717) is 31.4 Å². The molecule has 0 saturated heterocycles. The number of amides is 7. The summed E-state index contributed by atoms with van der Waals surface area (Å²) in [4.78, 5) is 106. The Kier molecular flexibility index (Phi) is 24.4. The van der Waals surface area contributed by atoms with Crippen molar-refractivity contribution in [2.75, 3.05) is 6.54 Å². The molecule has 0 aliphatic carbocycles. The van der Waals surface area contributed by atoms with E-state index in [1.54, 1.807) is 12.1 Å². The molecule has 62 heavy (non-hydrogen) atoms. The molecule has 350 valence electrons. The van der Waals surface area contributed by atoms with Crippen LogP contribution in [0.25, 0.3) is 0 Å². The molecular weight excluding hydrogens is 801 g/mol. The van der Waals surface area contributed by atoms with Crippen molar-refractivity contribution in [1.29, 1.82) is 0 Å². The third-order valence-electron chi connectivity index (χ3n) is 9.74. The van der Waals surface area contributed by atoms with Gasteiger partial charge in [-0.2, -0.15) is 0 Å². The van der Waals surface area contributed by atoms with Crippen molar-refractivity contribution in [3.63, 3.8) is 0 Å². The largest absolute Gasteiger partial charge is 0.508 e. The van der Waals surface area contributed by atoms with Crippen LogP contribution in [0.3, 0.4) is 0 Å². The minimum atomic E-state index is -1.30. The van der Waals surface area contributed by atoms with E-state index in [4.69, 9.17) is 5.73 Å². The lowest BCUT2D eigenvalue weighted by Gasteiger charge is -2.28. The zero-order valence-corrected chi connectivity index (χ0v) is 38.3. The molecule has 0 aromatic heterocycles. The van der Waals surface area contributed by atoms with E-state index in [1.165, 1.54) is 26.0 Å². The summed E-state index contributed by atoms with van der Waals surface area (Å²) in [5, 5.41) is 38.3. The van der Waals surface area contributed by atoms with Gasteiger partial charge >= 0.3 is 5.97 Å². The monoisotopic (exact) mass is 875 g/mol. The standard InChI is InChI=1S/C44H74N8O10/c1-24(2)19-33(47-29(10)53)40(57)46-28(9)38(55)49-34(20-25(3)4)41(58)48-32(13-11-12-18-45)39(56)51-36(23-30-14-16-31(54)17-15-30)43(60)50-35(21-26(5)6)42(59)52-37(44(61)62)22-27(7)8/h14-17,24-28,32-37,54H,11-13,18-23,45H2,1-10H3,(H,46,57)(H,47,53)(H,48,58)(H,49,55)(H,50,60)(H,51,56)(H,52,59)(H,61,62)/t28-,32-,33-,34-,35-,36-,37-/m0/s1. The van der Waals surface area contributed by atoms with E-state index < -0.39 is 89.6 Å². The molecule has 7 amide bonds. The molecule has 0 aliphatic heterocycles. The second-order valence-electron chi connectivity index (χ2n) is 17.8.